The molecule has 0 unspecified atom stereocenters. The summed E-state index contributed by atoms with van der Waals surface area (Å²) in [6.45, 7) is 0. The monoisotopic (exact) mass is 420 g/mol. The number of rotatable bonds is 4. The van der Waals surface area contributed by atoms with E-state index >= 15 is 0 Å². The smallest absolute Gasteiger partial charge is 0.0501 e. The van der Waals surface area contributed by atoms with Crippen molar-refractivity contribution in [2.45, 2.75) is 0 Å². The molecule has 0 spiro atoms. The van der Waals surface area contributed by atoms with Gasteiger partial charge >= 0.3 is 0 Å². The average Bonchev–Trinajstić information content (AvgIpc) is 3.35. The number of hydrogen-bond donors (Lipinski definition) is 0. The lowest BCUT2D eigenvalue weighted by molar-refractivity contribution is 1.90. The summed E-state index contributed by atoms with van der Waals surface area (Å²) < 4.78 is 2.70. The standard InChI is InChI=1S/C18H12S6/c1(13-3-5-15(23-13)11-17-19-7-8-20-17)2-14-4-6-16(24-14)12-18-21-9-10-22-18/h1-12H/b2-1+. The molecule has 0 aromatic carbocycles. The zero-order chi connectivity index (χ0) is 16.2. The van der Waals surface area contributed by atoms with E-state index < -0.39 is 0 Å². The fourth-order valence-corrected chi connectivity index (χ4v) is 7.37. The highest BCUT2D eigenvalue weighted by atomic mass is 32.2. The van der Waals surface area contributed by atoms with Gasteiger partial charge in [-0.3, -0.25) is 0 Å². The summed E-state index contributed by atoms with van der Waals surface area (Å²) in [5, 5.41) is 8.53. The van der Waals surface area contributed by atoms with E-state index in [1.807, 2.05) is 22.7 Å². The van der Waals surface area contributed by atoms with Crippen molar-refractivity contribution >= 4 is 94.0 Å². The van der Waals surface area contributed by atoms with Crippen molar-refractivity contribution in [1.29, 1.82) is 0 Å². The van der Waals surface area contributed by atoms with Crippen LogP contribution in [0.4, 0.5) is 0 Å². The first-order chi connectivity index (χ1) is 11.8. The average molecular weight is 421 g/mol. The van der Waals surface area contributed by atoms with Crippen LogP contribution in [0, 0.1) is 0 Å². The molecule has 0 bridgehead atoms. The molecule has 24 heavy (non-hydrogen) atoms. The van der Waals surface area contributed by atoms with Crippen molar-refractivity contribution in [2.75, 3.05) is 0 Å². The summed E-state index contributed by atoms with van der Waals surface area (Å²) in [5.74, 6) is 0. The van der Waals surface area contributed by atoms with Gasteiger partial charge in [0.25, 0.3) is 0 Å². The van der Waals surface area contributed by atoms with Gasteiger partial charge in [0, 0.05) is 19.5 Å². The Bertz CT molecular complexity index is 783. The van der Waals surface area contributed by atoms with Crippen LogP contribution in [0.2, 0.25) is 0 Å². The minimum atomic E-state index is 1.29. The Morgan fingerprint density at radius 3 is 1.29 bits per heavy atom. The highest BCUT2D eigenvalue weighted by Crippen LogP contribution is 2.40. The molecule has 4 heterocycles. The summed E-state index contributed by atoms with van der Waals surface area (Å²) in [6.07, 6.45) is 8.95. The first-order valence-corrected chi connectivity index (χ1v) is 12.3. The minimum Gasteiger partial charge on any atom is -0.136 e. The van der Waals surface area contributed by atoms with Crippen LogP contribution in [0.5, 0.6) is 0 Å². The molecule has 2 aromatic rings. The van der Waals surface area contributed by atoms with Gasteiger partial charge in [0.2, 0.25) is 0 Å². The molecule has 0 fully saturated rings. The number of thioether (sulfide) groups is 4. The van der Waals surface area contributed by atoms with Crippen molar-refractivity contribution in [3.63, 3.8) is 0 Å². The Balaban J connectivity index is 1.42. The second-order valence-electron chi connectivity index (χ2n) is 4.76. The number of hydrogen-bond acceptors (Lipinski definition) is 6. The fraction of sp³-hybridized carbons (Fsp3) is 0. The summed E-state index contributed by atoms with van der Waals surface area (Å²) >= 11 is 10.8. The van der Waals surface area contributed by atoms with E-state index in [9.17, 15) is 0 Å². The molecule has 0 atom stereocenters. The van der Waals surface area contributed by atoms with Crippen LogP contribution < -0.4 is 0 Å². The molecule has 0 radical (unpaired) electrons. The maximum absolute atomic E-state index is 2.26. The van der Waals surface area contributed by atoms with Gasteiger partial charge in [0.05, 0.1) is 8.47 Å². The first-order valence-electron chi connectivity index (χ1n) is 7.13. The molecule has 0 N–H and O–H groups in total. The van der Waals surface area contributed by atoms with Crippen molar-refractivity contribution < 1.29 is 0 Å². The van der Waals surface area contributed by atoms with Crippen LogP contribution in [0.25, 0.3) is 24.3 Å². The molecule has 0 amide bonds. The Labute approximate surface area is 166 Å². The summed E-state index contributed by atoms with van der Waals surface area (Å²) in [5.41, 5.74) is 0. The van der Waals surface area contributed by atoms with E-state index in [1.165, 1.54) is 28.0 Å². The molecule has 0 aliphatic carbocycles. The Kier molecular flexibility index (Phi) is 5.83. The molecule has 6 heteroatoms. The summed E-state index contributed by atoms with van der Waals surface area (Å²) in [7, 11) is 0. The summed E-state index contributed by atoms with van der Waals surface area (Å²) in [4.78, 5) is 5.21. The van der Waals surface area contributed by atoms with Crippen LogP contribution in [-0.4, -0.2) is 0 Å². The van der Waals surface area contributed by atoms with Crippen LogP contribution >= 0.6 is 69.7 Å². The third kappa shape index (κ3) is 4.56. The van der Waals surface area contributed by atoms with Crippen LogP contribution in [0.15, 0.2) is 54.4 Å². The van der Waals surface area contributed by atoms with E-state index in [1.54, 1.807) is 47.0 Å². The van der Waals surface area contributed by atoms with E-state index in [4.69, 9.17) is 0 Å². The molecule has 0 saturated carbocycles. The molecular formula is C18H12S6. The molecule has 2 aliphatic rings. The SMILES string of the molecule is C1=CSC(=Cc2ccc(/C=C/c3ccc(C=C4SC=CS4)s3)s2)S1. The van der Waals surface area contributed by atoms with Gasteiger partial charge < -0.3 is 0 Å². The highest BCUT2D eigenvalue weighted by molar-refractivity contribution is 8.28. The van der Waals surface area contributed by atoms with Gasteiger partial charge in [0.15, 0.2) is 0 Å². The summed E-state index contributed by atoms with van der Waals surface area (Å²) in [6, 6.07) is 8.78. The van der Waals surface area contributed by atoms with E-state index in [0.717, 1.165) is 0 Å². The fourth-order valence-electron chi connectivity index (χ4n) is 2.04. The van der Waals surface area contributed by atoms with E-state index in [-0.39, 0.29) is 0 Å². The second kappa shape index (κ2) is 8.25. The topological polar surface area (TPSA) is 0 Å². The maximum atomic E-state index is 2.26. The molecule has 120 valence electrons. The van der Waals surface area contributed by atoms with Gasteiger partial charge in [0.1, 0.15) is 0 Å². The van der Waals surface area contributed by atoms with E-state index in [2.05, 4.69) is 70.2 Å². The third-order valence-electron chi connectivity index (χ3n) is 3.08. The van der Waals surface area contributed by atoms with Gasteiger partial charge in [-0.05, 0) is 70.2 Å². The van der Waals surface area contributed by atoms with Gasteiger partial charge in [-0.15, -0.1) is 22.7 Å². The molecular weight excluding hydrogens is 409 g/mol. The predicted octanol–water partition coefficient (Wildman–Crippen LogP) is 8.48. The Morgan fingerprint density at radius 1 is 0.500 bits per heavy atom. The quantitative estimate of drug-likeness (QED) is 0.486. The lowest BCUT2D eigenvalue weighted by Gasteiger charge is -1.91. The molecule has 4 rings (SSSR count). The van der Waals surface area contributed by atoms with Crippen molar-refractivity contribution in [3.05, 3.63) is 73.9 Å². The van der Waals surface area contributed by atoms with E-state index in [0.29, 0.717) is 0 Å². The predicted molar refractivity (Wildman–Crippen MR) is 122 cm³/mol. The zero-order valence-corrected chi connectivity index (χ0v) is 17.3. The zero-order valence-electron chi connectivity index (χ0n) is 12.4. The highest BCUT2D eigenvalue weighted by Gasteiger charge is 2.04. The molecule has 2 aliphatic heterocycles. The van der Waals surface area contributed by atoms with Crippen molar-refractivity contribution in [2.24, 2.45) is 0 Å². The second-order valence-corrected chi connectivity index (χ2v) is 11.4. The van der Waals surface area contributed by atoms with Gasteiger partial charge in [-0.1, -0.05) is 47.0 Å². The molecule has 0 saturated heterocycles. The molecule has 2 aromatic heterocycles. The molecule has 0 nitrogen and oxygen atoms in total. The third-order valence-corrected chi connectivity index (χ3v) is 9.06. The first kappa shape index (κ1) is 16.9. The Hall–Kier alpha value is -0.500. The minimum absolute atomic E-state index is 1.29. The normalized spacial score (nSPS) is 16.7. The van der Waals surface area contributed by atoms with Gasteiger partial charge in [-0.2, -0.15) is 0 Å². The number of thiophene rings is 2. The van der Waals surface area contributed by atoms with Crippen LogP contribution in [0.3, 0.4) is 0 Å². The van der Waals surface area contributed by atoms with Crippen LogP contribution in [0.1, 0.15) is 19.5 Å². The lowest BCUT2D eigenvalue weighted by Crippen LogP contribution is -1.60. The maximum Gasteiger partial charge on any atom is 0.0501 e. The Morgan fingerprint density at radius 2 is 0.875 bits per heavy atom. The lowest BCUT2D eigenvalue weighted by atomic mass is 10.3. The van der Waals surface area contributed by atoms with Crippen molar-refractivity contribution in [3.8, 4) is 0 Å². The van der Waals surface area contributed by atoms with Crippen LogP contribution in [-0.2, 0) is 0 Å². The van der Waals surface area contributed by atoms with Crippen molar-refractivity contribution in [1.82, 2.24) is 0 Å². The largest absolute Gasteiger partial charge is 0.136 e. The van der Waals surface area contributed by atoms with Gasteiger partial charge in [-0.25, -0.2) is 0 Å².